The number of phenolic OH excluding ortho intramolecular Hbond substituents is 1. The molecule has 3 fully saturated rings. The predicted octanol–water partition coefficient (Wildman–Crippen LogP) is 5.59. The fraction of sp³-hybridized carbons (Fsp3) is 0.472. The highest BCUT2D eigenvalue weighted by Crippen LogP contribution is 2.44. The van der Waals surface area contributed by atoms with Gasteiger partial charge in [-0.05, 0) is 62.2 Å². The minimum absolute atomic E-state index is 0.0101. The van der Waals surface area contributed by atoms with Crippen LogP contribution in [0, 0.1) is 24.0 Å². The first-order valence-corrected chi connectivity index (χ1v) is 16.7. The summed E-state index contributed by atoms with van der Waals surface area (Å²) in [6.07, 6.45) is 9.49. The number of benzene rings is 2. The van der Waals surface area contributed by atoms with Gasteiger partial charge in [0.15, 0.2) is 5.82 Å². The van der Waals surface area contributed by atoms with E-state index in [-0.39, 0.29) is 52.1 Å². The number of halogens is 3. The van der Waals surface area contributed by atoms with Crippen molar-refractivity contribution in [1.29, 1.82) is 0 Å². The maximum atomic E-state index is 17.2. The normalized spacial score (nSPS) is 24.5. The molecule has 0 bridgehead atoms. The van der Waals surface area contributed by atoms with Gasteiger partial charge in [-0.15, -0.1) is 6.42 Å². The van der Waals surface area contributed by atoms with E-state index in [0.29, 0.717) is 61.7 Å². The van der Waals surface area contributed by atoms with E-state index in [1.54, 1.807) is 0 Å². The van der Waals surface area contributed by atoms with Gasteiger partial charge in [-0.25, -0.2) is 18.2 Å². The largest absolute Gasteiger partial charge is 0.508 e. The van der Waals surface area contributed by atoms with E-state index in [0.717, 1.165) is 38.6 Å². The molecule has 0 aliphatic carbocycles. The van der Waals surface area contributed by atoms with Crippen LogP contribution in [0.5, 0.6) is 11.8 Å². The second-order valence-corrected chi connectivity index (χ2v) is 13.5. The van der Waals surface area contributed by atoms with Crippen molar-refractivity contribution in [2.45, 2.75) is 56.3 Å². The molecule has 2 aromatic carbocycles. The molecule has 0 unspecified atom stereocenters. The van der Waals surface area contributed by atoms with Gasteiger partial charge < -0.3 is 24.4 Å². The molecule has 0 saturated carbocycles. The molecule has 0 radical (unpaired) electrons. The van der Waals surface area contributed by atoms with Crippen LogP contribution >= 0.6 is 0 Å². The molecular weight excluding hydrogens is 621 g/mol. The maximum absolute atomic E-state index is 17.2. The summed E-state index contributed by atoms with van der Waals surface area (Å²) in [7, 11) is 1.90. The zero-order valence-electron chi connectivity index (χ0n) is 26.8. The molecular formula is C36H37F3N6O3. The van der Waals surface area contributed by atoms with Gasteiger partial charge in [-0.3, -0.25) is 4.90 Å². The molecule has 4 aliphatic rings. The Balaban J connectivity index is 1.36. The first-order valence-electron chi connectivity index (χ1n) is 16.7. The quantitative estimate of drug-likeness (QED) is 0.282. The Morgan fingerprint density at radius 3 is 2.79 bits per heavy atom. The number of nitrogens with zero attached hydrogens (tertiary/aromatic N) is 6. The van der Waals surface area contributed by atoms with Gasteiger partial charge in [0, 0.05) is 56.7 Å². The number of aromatic nitrogens is 3. The van der Waals surface area contributed by atoms with E-state index < -0.39 is 23.3 Å². The van der Waals surface area contributed by atoms with Gasteiger partial charge in [0.1, 0.15) is 47.2 Å². The highest BCUT2D eigenvalue weighted by atomic mass is 19.1. The van der Waals surface area contributed by atoms with Crippen LogP contribution in [-0.2, 0) is 4.74 Å². The fourth-order valence-corrected chi connectivity index (χ4v) is 8.30. The van der Waals surface area contributed by atoms with Gasteiger partial charge in [0.25, 0.3) is 0 Å². The number of phenols is 1. The third-order valence-corrected chi connectivity index (χ3v) is 10.6. The van der Waals surface area contributed by atoms with E-state index in [1.807, 2.05) is 11.9 Å². The number of aromatic hydroxyl groups is 1. The molecule has 48 heavy (non-hydrogen) atoms. The lowest BCUT2D eigenvalue weighted by molar-refractivity contribution is 0.107. The van der Waals surface area contributed by atoms with Crippen molar-refractivity contribution >= 4 is 33.3 Å². The Labute approximate surface area is 276 Å². The van der Waals surface area contributed by atoms with Crippen molar-refractivity contribution in [1.82, 2.24) is 19.9 Å². The van der Waals surface area contributed by atoms with Crippen molar-refractivity contribution < 1.29 is 27.8 Å². The van der Waals surface area contributed by atoms with Gasteiger partial charge in [0.2, 0.25) is 0 Å². The molecule has 4 aliphatic heterocycles. The third kappa shape index (κ3) is 5.06. The number of rotatable bonds is 4. The Kier molecular flexibility index (Phi) is 7.72. The molecule has 9 nitrogen and oxygen atoms in total. The van der Waals surface area contributed by atoms with Crippen LogP contribution < -0.4 is 14.5 Å². The number of alkyl halides is 1. The summed E-state index contributed by atoms with van der Waals surface area (Å²) in [4.78, 5) is 20.8. The molecule has 0 spiro atoms. The highest BCUT2D eigenvalue weighted by Gasteiger charge is 2.49. The van der Waals surface area contributed by atoms with E-state index in [9.17, 15) is 9.50 Å². The lowest BCUT2D eigenvalue weighted by Crippen LogP contribution is -2.44. The second-order valence-electron chi connectivity index (χ2n) is 13.5. The van der Waals surface area contributed by atoms with Crippen molar-refractivity contribution in [2.75, 3.05) is 62.8 Å². The summed E-state index contributed by atoms with van der Waals surface area (Å²) in [5.74, 6) is 1.77. The van der Waals surface area contributed by atoms with E-state index >= 15 is 8.78 Å². The van der Waals surface area contributed by atoms with Crippen LogP contribution in [0.3, 0.4) is 0 Å². The number of hydrogen-bond acceptors (Lipinski definition) is 9. The number of anilines is 2. The molecule has 3 saturated heterocycles. The van der Waals surface area contributed by atoms with Gasteiger partial charge in [-0.2, -0.15) is 9.97 Å². The number of pyridine rings is 1. The first kappa shape index (κ1) is 31.0. The number of terminal acetylenes is 1. The van der Waals surface area contributed by atoms with Gasteiger partial charge >= 0.3 is 6.01 Å². The lowest BCUT2D eigenvalue weighted by Gasteiger charge is -2.39. The topological polar surface area (TPSA) is 87.1 Å². The van der Waals surface area contributed by atoms with Crippen LogP contribution in [0.25, 0.3) is 32.9 Å². The Morgan fingerprint density at radius 2 is 1.94 bits per heavy atom. The molecule has 4 aromatic rings. The Bertz CT molecular complexity index is 1970. The zero-order chi connectivity index (χ0) is 33.2. The van der Waals surface area contributed by atoms with Crippen LogP contribution in [0.2, 0.25) is 0 Å². The van der Waals surface area contributed by atoms with Crippen molar-refractivity contribution in [2.24, 2.45) is 0 Å². The summed E-state index contributed by atoms with van der Waals surface area (Å²) in [5, 5.41) is 11.8. The fourth-order valence-electron chi connectivity index (χ4n) is 8.30. The van der Waals surface area contributed by atoms with Gasteiger partial charge in [-0.1, -0.05) is 12.0 Å². The molecule has 0 amide bonds. The summed E-state index contributed by atoms with van der Waals surface area (Å²) >= 11 is 0. The van der Waals surface area contributed by atoms with E-state index in [1.165, 1.54) is 24.3 Å². The molecule has 12 heteroatoms. The second kappa shape index (κ2) is 12.0. The average Bonchev–Trinajstić information content (AvgIpc) is 3.58. The summed E-state index contributed by atoms with van der Waals surface area (Å²) < 4.78 is 59.0. The molecule has 3 atom stereocenters. The Morgan fingerprint density at radius 1 is 1.06 bits per heavy atom. The number of fused-ring (bicyclic) bond motifs is 4. The van der Waals surface area contributed by atoms with Crippen molar-refractivity contribution in [3.05, 3.63) is 41.5 Å². The predicted molar refractivity (Wildman–Crippen MR) is 177 cm³/mol. The number of hydrogen-bond donors (Lipinski definition) is 1. The van der Waals surface area contributed by atoms with Crippen molar-refractivity contribution in [3.8, 4) is 35.4 Å². The molecule has 6 heterocycles. The zero-order valence-corrected chi connectivity index (χ0v) is 26.8. The van der Waals surface area contributed by atoms with Crippen LogP contribution in [0.4, 0.5) is 24.8 Å². The summed E-state index contributed by atoms with van der Waals surface area (Å²) in [5.41, 5.74) is -0.518. The smallest absolute Gasteiger partial charge is 0.319 e. The van der Waals surface area contributed by atoms with E-state index in [4.69, 9.17) is 25.9 Å². The maximum Gasteiger partial charge on any atom is 0.319 e. The van der Waals surface area contributed by atoms with E-state index in [2.05, 4.69) is 20.7 Å². The Hall–Kier alpha value is -4.34. The summed E-state index contributed by atoms with van der Waals surface area (Å²) in [6.45, 7) is 3.67. The van der Waals surface area contributed by atoms with Crippen molar-refractivity contribution in [3.63, 3.8) is 0 Å². The average molecular weight is 659 g/mol. The molecule has 250 valence electrons. The first-order chi connectivity index (χ1) is 23.3. The molecule has 8 rings (SSSR count). The minimum atomic E-state index is -0.930. The van der Waals surface area contributed by atoms with Gasteiger partial charge in [0.05, 0.1) is 23.1 Å². The van der Waals surface area contributed by atoms with Crippen LogP contribution in [-0.4, -0.2) is 95.8 Å². The lowest BCUT2D eigenvalue weighted by atomic mass is 9.95. The monoisotopic (exact) mass is 658 g/mol. The third-order valence-electron chi connectivity index (χ3n) is 10.6. The van der Waals surface area contributed by atoms with Crippen LogP contribution in [0.15, 0.2) is 24.3 Å². The van der Waals surface area contributed by atoms with Crippen LogP contribution in [0.1, 0.15) is 44.1 Å². The molecule has 1 N–H and O–H groups in total. The number of ether oxygens (including phenoxy) is 2. The highest BCUT2D eigenvalue weighted by molar-refractivity contribution is 6.06. The molecule has 2 aromatic heterocycles. The standard InChI is InChI=1S/C36H37F3N6O3/c1-3-25-27(38)8-7-21-16-24(46)17-26(28(21)25)31-30(39)32-29-33(40-31)43(2)12-9-23-6-4-14-47-15-13-45(23)34(29)42-35(41-32)48-20-36-10-5-11-44(36)19-22(37)18-36/h1,7-8,16-17,22-23,46H,4-6,9-15,18-20H2,2H3/t22-,23+,36+/m1/s1. The SMILES string of the molecule is C#Cc1c(F)ccc2cc(O)cc(-c3nc4c5c(nc(OC[C@@]67CCCN6C[C@H](F)C7)nc5c3F)N3CCOCCC[C@H]3CCN4C)c12. The minimum Gasteiger partial charge on any atom is -0.508 e. The summed E-state index contributed by atoms with van der Waals surface area (Å²) in [6, 6.07) is 5.62.